The summed E-state index contributed by atoms with van der Waals surface area (Å²) in [6.45, 7) is 1.64. The number of ether oxygens (including phenoxy) is 2. The van der Waals surface area contributed by atoms with E-state index in [9.17, 15) is 9.90 Å². The lowest BCUT2D eigenvalue weighted by atomic mass is 10.2. The van der Waals surface area contributed by atoms with Gasteiger partial charge in [0.1, 0.15) is 5.75 Å². The molecule has 0 aromatic heterocycles. The Morgan fingerprint density at radius 2 is 2.04 bits per heavy atom. The van der Waals surface area contributed by atoms with Crippen LogP contribution in [-0.2, 0) is 4.79 Å². The average molecular weight is 383 g/mol. The van der Waals surface area contributed by atoms with Gasteiger partial charge in [-0.15, -0.1) is 0 Å². The minimum Gasteiger partial charge on any atom is -0.503 e. The molecule has 0 aliphatic heterocycles. The maximum atomic E-state index is 11.8. The number of rotatable bonds is 6. The Morgan fingerprint density at radius 3 is 2.72 bits per heavy atom. The van der Waals surface area contributed by atoms with Crippen molar-refractivity contribution in [3.8, 4) is 17.2 Å². The van der Waals surface area contributed by atoms with Gasteiger partial charge in [0, 0.05) is 5.02 Å². The van der Waals surface area contributed by atoms with Gasteiger partial charge in [0.05, 0.1) is 18.3 Å². The highest BCUT2D eigenvalue weighted by Crippen LogP contribution is 2.34. The zero-order chi connectivity index (χ0) is 18.4. The highest BCUT2D eigenvalue weighted by molar-refractivity contribution is 6.32. The Morgan fingerprint density at radius 1 is 1.28 bits per heavy atom. The second-order valence-electron chi connectivity index (χ2n) is 5.05. The van der Waals surface area contributed by atoms with Crippen LogP contribution in [0.15, 0.2) is 35.4 Å². The second kappa shape index (κ2) is 8.60. The Bertz CT molecular complexity index is 809. The molecule has 2 aromatic rings. The van der Waals surface area contributed by atoms with Crippen LogP contribution in [0.4, 0.5) is 0 Å². The van der Waals surface area contributed by atoms with Crippen LogP contribution in [0.1, 0.15) is 11.1 Å². The maximum Gasteiger partial charge on any atom is 0.277 e. The van der Waals surface area contributed by atoms with Gasteiger partial charge < -0.3 is 14.6 Å². The molecule has 0 saturated heterocycles. The molecular formula is C17H16Cl2N2O4. The monoisotopic (exact) mass is 382 g/mol. The van der Waals surface area contributed by atoms with E-state index in [0.29, 0.717) is 16.3 Å². The Hall–Kier alpha value is -2.44. The summed E-state index contributed by atoms with van der Waals surface area (Å²) in [5.41, 5.74) is 3.72. The Balaban J connectivity index is 1.91. The number of aryl methyl sites for hydroxylation is 1. The summed E-state index contributed by atoms with van der Waals surface area (Å²) in [5, 5.41) is 14.2. The number of amides is 1. The SMILES string of the molecule is COc1cc(/C=N/NC(=O)COc2ccc(Cl)cc2C)cc(Cl)c1O. The zero-order valence-corrected chi connectivity index (χ0v) is 15.1. The second-order valence-corrected chi connectivity index (χ2v) is 5.89. The number of phenols is 1. The topological polar surface area (TPSA) is 80.2 Å². The van der Waals surface area contributed by atoms with E-state index in [-0.39, 0.29) is 23.1 Å². The van der Waals surface area contributed by atoms with Crippen molar-refractivity contribution in [2.45, 2.75) is 6.92 Å². The summed E-state index contributed by atoms with van der Waals surface area (Å²) in [6, 6.07) is 8.14. The number of nitrogens with zero attached hydrogens (tertiary/aromatic N) is 1. The number of aromatic hydroxyl groups is 1. The highest BCUT2D eigenvalue weighted by atomic mass is 35.5. The van der Waals surface area contributed by atoms with Gasteiger partial charge in [-0.05, 0) is 48.4 Å². The van der Waals surface area contributed by atoms with Crippen LogP contribution < -0.4 is 14.9 Å². The first-order valence-electron chi connectivity index (χ1n) is 7.18. The van der Waals surface area contributed by atoms with Gasteiger partial charge in [-0.25, -0.2) is 5.43 Å². The van der Waals surface area contributed by atoms with Crippen molar-refractivity contribution >= 4 is 35.3 Å². The molecule has 0 bridgehead atoms. The van der Waals surface area contributed by atoms with Crippen LogP contribution >= 0.6 is 23.2 Å². The third-order valence-corrected chi connectivity index (χ3v) is 3.69. The number of hydrogen-bond acceptors (Lipinski definition) is 5. The first-order chi connectivity index (χ1) is 11.9. The van der Waals surface area contributed by atoms with Gasteiger partial charge in [0.15, 0.2) is 18.1 Å². The molecular weight excluding hydrogens is 367 g/mol. The Kier molecular flexibility index (Phi) is 6.50. The average Bonchev–Trinajstić information content (AvgIpc) is 2.57. The van der Waals surface area contributed by atoms with Crippen LogP contribution in [0.5, 0.6) is 17.2 Å². The summed E-state index contributed by atoms with van der Waals surface area (Å²) in [6.07, 6.45) is 1.37. The van der Waals surface area contributed by atoms with E-state index < -0.39 is 5.91 Å². The molecule has 0 heterocycles. The van der Waals surface area contributed by atoms with Gasteiger partial charge in [0.25, 0.3) is 5.91 Å². The molecule has 0 radical (unpaired) electrons. The third-order valence-electron chi connectivity index (χ3n) is 3.17. The van der Waals surface area contributed by atoms with E-state index in [2.05, 4.69) is 10.5 Å². The fourth-order valence-electron chi connectivity index (χ4n) is 1.95. The number of hydrazone groups is 1. The maximum absolute atomic E-state index is 11.8. The summed E-state index contributed by atoms with van der Waals surface area (Å²) >= 11 is 11.7. The largest absolute Gasteiger partial charge is 0.503 e. The number of halogens is 2. The van der Waals surface area contributed by atoms with Gasteiger partial charge in [-0.3, -0.25) is 4.79 Å². The van der Waals surface area contributed by atoms with Gasteiger partial charge in [0.2, 0.25) is 0 Å². The van der Waals surface area contributed by atoms with E-state index in [4.69, 9.17) is 32.7 Å². The predicted octanol–water partition coefficient (Wildman–Crippen LogP) is 3.55. The number of nitrogens with one attached hydrogen (secondary N) is 1. The molecule has 8 heteroatoms. The first kappa shape index (κ1) is 18.9. The van der Waals surface area contributed by atoms with E-state index in [1.54, 1.807) is 18.2 Å². The molecule has 2 N–H and O–H groups in total. The standard InChI is InChI=1S/C17H16Cl2N2O4/c1-10-5-12(18)3-4-14(10)25-9-16(22)21-20-8-11-6-13(19)17(23)15(7-11)24-2/h3-8,23H,9H2,1-2H3,(H,21,22)/b20-8+. The van der Waals surface area contributed by atoms with Gasteiger partial charge in [-0.2, -0.15) is 5.10 Å². The quantitative estimate of drug-likeness (QED) is 0.591. The van der Waals surface area contributed by atoms with E-state index in [0.717, 1.165) is 5.56 Å². The van der Waals surface area contributed by atoms with Crippen molar-refractivity contribution in [3.63, 3.8) is 0 Å². The molecule has 0 atom stereocenters. The molecule has 6 nitrogen and oxygen atoms in total. The summed E-state index contributed by atoms with van der Waals surface area (Å²) in [5.74, 6) is 0.194. The van der Waals surface area contributed by atoms with E-state index in [1.165, 1.54) is 25.5 Å². The summed E-state index contributed by atoms with van der Waals surface area (Å²) in [4.78, 5) is 11.8. The van der Waals surface area contributed by atoms with Crippen molar-refractivity contribution < 1.29 is 19.4 Å². The normalized spacial score (nSPS) is 10.7. The molecule has 0 spiro atoms. The van der Waals surface area contributed by atoms with Gasteiger partial charge in [-0.1, -0.05) is 23.2 Å². The molecule has 0 saturated carbocycles. The lowest BCUT2D eigenvalue weighted by Crippen LogP contribution is -2.24. The molecule has 2 aromatic carbocycles. The molecule has 0 aliphatic rings. The number of carbonyl (C=O) groups excluding carboxylic acids is 1. The van der Waals surface area contributed by atoms with Crippen molar-refractivity contribution in [2.75, 3.05) is 13.7 Å². The first-order valence-corrected chi connectivity index (χ1v) is 7.93. The lowest BCUT2D eigenvalue weighted by molar-refractivity contribution is -0.123. The van der Waals surface area contributed by atoms with Crippen LogP contribution in [0.2, 0.25) is 10.0 Å². The fraction of sp³-hybridized carbons (Fsp3) is 0.176. The molecule has 0 fully saturated rings. The minimum atomic E-state index is -0.428. The smallest absolute Gasteiger partial charge is 0.277 e. The number of phenolic OH excluding ortho intramolecular Hbond substituents is 1. The van der Waals surface area contributed by atoms with E-state index in [1.807, 2.05) is 6.92 Å². The molecule has 25 heavy (non-hydrogen) atoms. The van der Waals surface area contributed by atoms with Crippen molar-refractivity contribution in [1.82, 2.24) is 5.43 Å². The van der Waals surface area contributed by atoms with Crippen molar-refractivity contribution in [2.24, 2.45) is 5.10 Å². The summed E-state index contributed by atoms with van der Waals surface area (Å²) < 4.78 is 10.4. The third kappa shape index (κ3) is 5.27. The lowest BCUT2D eigenvalue weighted by Gasteiger charge is -2.08. The number of benzene rings is 2. The number of methoxy groups -OCH3 is 1. The highest BCUT2D eigenvalue weighted by Gasteiger charge is 2.08. The van der Waals surface area contributed by atoms with Crippen LogP contribution in [0, 0.1) is 6.92 Å². The molecule has 1 amide bonds. The molecule has 0 unspecified atom stereocenters. The predicted molar refractivity (Wildman–Crippen MR) is 97.1 cm³/mol. The minimum absolute atomic E-state index is 0.119. The van der Waals surface area contributed by atoms with Crippen LogP contribution in [0.25, 0.3) is 0 Å². The molecule has 2 rings (SSSR count). The summed E-state index contributed by atoms with van der Waals surface area (Å²) in [7, 11) is 1.41. The van der Waals surface area contributed by atoms with Crippen LogP contribution in [0.3, 0.4) is 0 Å². The number of carbonyl (C=O) groups is 1. The van der Waals surface area contributed by atoms with Crippen molar-refractivity contribution in [1.29, 1.82) is 0 Å². The molecule has 0 aliphatic carbocycles. The fourth-order valence-corrected chi connectivity index (χ4v) is 2.40. The zero-order valence-electron chi connectivity index (χ0n) is 13.5. The van der Waals surface area contributed by atoms with Crippen molar-refractivity contribution in [3.05, 3.63) is 51.5 Å². The molecule has 132 valence electrons. The van der Waals surface area contributed by atoms with Crippen LogP contribution in [-0.4, -0.2) is 30.9 Å². The van der Waals surface area contributed by atoms with E-state index >= 15 is 0 Å². The Labute approximate surface area is 155 Å². The number of hydrogen-bond donors (Lipinski definition) is 2. The van der Waals surface area contributed by atoms with Gasteiger partial charge >= 0.3 is 0 Å².